The number of aromatic nitrogens is 2. The van der Waals surface area contributed by atoms with Gasteiger partial charge in [-0.25, -0.2) is 4.98 Å². The SMILES string of the molecule is Cc1nc2ccc(C(=O)NC3[C@H]4CC5C[C@H]3CN(C5)C4)cc2[nH]1. The molecule has 5 heteroatoms. The van der Waals surface area contributed by atoms with Crippen molar-refractivity contribution in [2.45, 2.75) is 25.8 Å². The molecule has 0 unspecified atom stereocenters. The summed E-state index contributed by atoms with van der Waals surface area (Å²) in [5, 5.41) is 3.35. The van der Waals surface area contributed by atoms with Gasteiger partial charge in [-0.2, -0.15) is 0 Å². The van der Waals surface area contributed by atoms with Crippen LogP contribution in [0.4, 0.5) is 0 Å². The lowest BCUT2D eigenvalue weighted by Gasteiger charge is -2.55. The van der Waals surface area contributed by atoms with Gasteiger partial charge < -0.3 is 15.2 Å². The molecule has 2 atom stereocenters. The second-order valence-electron chi connectivity index (χ2n) is 7.63. The summed E-state index contributed by atoms with van der Waals surface area (Å²) in [6.07, 6.45) is 2.58. The Morgan fingerprint density at radius 2 is 2.04 bits per heavy atom. The topological polar surface area (TPSA) is 61.0 Å². The first kappa shape index (κ1) is 13.5. The molecule has 1 aromatic carbocycles. The number of rotatable bonds is 2. The molecule has 6 rings (SSSR count). The molecule has 1 aromatic heterocycles. The third-order valence-corrected chi connectivity index (χ3v) is 5.95. The van der Waals surface area contributed by atoms with Crippen LogP contribution in [0.2, 0.25) is 0 Å². The molecule has 5 nitrogen and oxygen atoms in total. The maximum atomic E-state index is 12.7. The average Bonchev–Trinajstić information content (AvgIpc) is 2.89. The molecule has 1 aliphatic carbocycles. The lowest BCUT2D eigenvalue weighted by atomic mass is 9.65. The van der Waals surface area contributed by atoms with E-state index in [0.717, 1.165) is 41.4 Å². The Kier molecular flexibility index (Phi) is 2.83. The van der Waals surface area contributed by atoms with E-state index in [4.69, 9.17) is 0 Å². The molecule has 2 N–H and O–H groups in total. The Balaban J connectivity index is 1.38. The third-order valence-electron chi connectivity index (χ3n) is 5.95. The first-order chi connectivity index (χ1) is 11.2. The van der Waals surface area contributed by atoms with E-state index in [0.29, 0.717) is 17.9 Å². The molecule has 23 heavy (non-hydrogen) atoms. The van der Waals surface area contributed by atoms with Crippen LogP contribution in [0, 0.1) is 24.7 Å². The summed E-state index contributed by atoms with van der Waals surface area (Å²) in [7, 11) is 0. The number of aryl methyl sites for hydroxylation is 1. The zero-order chi connectivity index (χ0) is 15.6. The number of fused-ring (bicyclic) bond motifs is 1. The molecule has 4 aliphatic rings. The number of hydrogen-bond acceptors (Lipinski definition) is 3. The minimum Gasteiger partial charge on any atom is -0.349 e. The second kappa shape index (κ2) is 4.81. The van der Waals surface area contributed by atoms with Crippen molar-refractivity contribution in [1.29, 1.82) is 0 Å². The largest absolute Gasteiger partial charge is 0.349 e. The highest BCUT2D eigenvalue weighted by Crippen LogP contribution is 2.43. The normalized spacial score (nSPS) is 34.9. The predicted molar refractivity (Wildman–Crippen MR) is 88.2 cm³/mol. The van der Waals surface area contributed by atoms with Crippen LogP contribution in [0.5, 0.6) is 0 Å². The van der Waals surface area contributed by atoms with Gasteiger partial charge in [-0.1, -0.05) is 0 Å². The van der Waals surface area contributed by atoms with Crippen LogP contribution in [0.15, 0.2) is 18.2 Å². The highest BCUT2D eigenvalue weighted by atomic mass is 16.1. The van der Waals surface area contributed by atoms with Crippen LogP contribution in [0.25, 0.3) is 11.0 Å². The number of aromatic amines is 1. The molecule has 1 saturated carbocycles. The van der Waals surface area contributed by atoms with Gasteiger partial charge in [-0.3, -0.25) is 4.79 Å². The van der Waals surface area contributed by atoms with Crippen LogP contribution >= 0.6 is 0 Å². The number of carbonyl (C=O) groups excluding carboxylic acids is 1. The van der Waals surface area contributed by atoms with E-state index < -0.39 is 0 Å². The number of nitrogens with one attached hydrogen (secondary N) is 2. The lowest BCUT2D eigenvalue weighted by molar-refractivity contribution is -0.0418. The van der Waals surface area contributed by atoms with Gasteiger partial charge in [0.15, 0.2) is 0 Å². The minimum absolute atomic E-state index is 0.0617. The molecular formula is C18H22N4O. The van der Waals surface area contributed by atoms with Gasteiger partial charge >= 0.3 is 0 Å². The van der Waals surface area contributed by atoms with Crippen LogP contribution in [-0.4, -0.2) is 46.5 Å². The quantitative estimate of drug-likeness (QED) is 0.891. The molecule has 3 aliphatic heterocycles. The Bertz CT molecular complexity index is 752. The summed E-state index contributed by atoms with van der Waals surface area (Å²) in [6.45, 7) is 5.54. The summed E-state index contributed by atoms with van der Waals surface area (Å²) < 4.78 is 0. The third kappa shape index (κ3) is 2.17. The van der Waals surface area contributed by atoms with Gasteiger partial charge in [-0.05, 0) is 55.7 Å². The first-order valence-electron chi connectivity index (χ1n) is 8.65. The van der Waals surface area contributed by atoms with Gasteiger partial charge in [0.05, 0.1) is 11.0 Å². The van der Waals surface area contributed by atoms with E-state index in [1.54, 1.807) is 0 Å². The van der Waals surface area contributed by atoms with Crippen LogP contribution in [0.1, 0.15) is 29.0 Å². The van der Waals surface area contributed by atoms with Crippen molar-refractivity contribution in [3.05, 3.63) is 29.6 Å². The lowest BCUT2D eigenvalue weighted by Crippen LogP contribution is -2.64. The van der Waals surface area contributed by atoms with Gasteiger partial charge in [0, 0.05) is 31.2 Å². The van der Waals surface area contributed by atoms with E-state index in [-0.39, 0.29) is 5.91 Å². The minimum atomic E-state index is 0.0617. The van der Waals surface area contributed by atoms with Gasteiger partial charge in [0.25, 0.3) is 5.91 Å². The van der Waals surface area contributed by atoms with Crippen molar-refractivity contribution < 1.29 is 4.79 Å². The number of hydrogen-bond donors (Lipinski definition) is 2. The van der Waals surface area contributed by atoms with Crippen molar-refractivity contribution in [2.75, 3.05) is 19.6 Å². The molecule has 0 spiro atoms. The molecule has 4 heterocycles. The van der Waals surface area contributed by atoms with Gasteiger partial charge in [-0.15, -0.1) is 0 Å². The molecule has 3 saturated heterocycles. The van der Waals surface area contributed by atoms with E-state index >= 15 is 0 Å². The number of piperidine rings is 3. The maximum absolute atomic E-state index is 12.7. The van der Waals surface area contributed by atoms with Gasteiger partial charge in [0.1, 0.15) is 5.82 Å². The first-order valence-corrected chi connectivity index (χ1v) is 8.65. The zero-order valence-electron chi connectivity index (χ0n) is 13.4. The Hall–Kier alpha value is -1.88. The maximum Gasteiger partial charge on any atom is 0.251 e. The molecule has 1 amide bonds. The fourth-order valence-electron chi connectivity index (χ4n) is 5.16. The Labute approximate surface area is 135 Å². The van der Waals surface area contributed by atoms with Crippen molar-refractivity contribution in [1.82, 2.24) is 20.2 Å². The molecule has 4 fully saturated rings. The molecule has 0 radical (unpaired) electrons. The van der Waals surface area contributed by atoms with Crippen LogP contribution in [0.3, 0.4) is 0 Å². The molecular weight excluding hydrogens is 288 g/mol. The van der Waals surface area contributed by atoms with E-state index in [9.17, 15) is 4.79 Å². The van der Waals surface area contributed by atoms with Gasteiger partial charge in [0.2, 0.25) is 0 Å². The van der Waals surface area contributed by atoms with Crippen molar-refractivity contribution in [3.8, 4) is 0 Å². The Morgan fingerprint density at radius 3 is 2.78 bits per heavy atom. The number of nitrogens with zero attached hydrogens (tertiary/aromatic N) is 2. The average molecular weight is 310 g/mol. The van der Waals surface area contributed by atoms with E-state index in [2.05, 4.69) is 20.2 Å². The highest BCUT2D eigenvalue weighted by Gasteiger charge is 2.47. The van der Waals surface area contributed by atoms with Crippen molar-refractivity contribution in [2.24, 2.45) is 17.8 Å². The molecule has 4 bridgehead atoms. The number of carbonyl (C=O) groups is 1. The Morgan fingerprint density at radius 1 is 1.26 bits per heavy atom. The fraction of sp³-hybridized carbons (Fsp3) is 0.556. The number of H-pyrrole nitrogens is 1. The van der Waals surface area contributed by atoms with Crippen LogP contribution < -0.4 is 5.32 Å². The summed E-state index contributed by atoms with van der Waals surface area (Å²) >= 11 is 0. The van der Waals surface area contributed by atoms with Crippen LogP contribution in [-0.2, 0) is 0 Å². The van der Waals surface area contributed by atoms with E-state index in [1.807, 2.05) is 25.1 Å². The van der Waals surface area contributed by atoms with Crippen molar-refractivity contribution in [3.63, 3.8) is 0 Å². The van der Waals surface area contributed by atoms with Crippen molar-refractivity contribution >= 4 is 16.9 Å². The number of amides is 1. The molecule has 2 aromatic rings. The highest BCUT2D eigenvalue weighted by molar-refractivity contribution is 5.97. The monoisotopic (exact) mass is 310 g/mol. The molecule has 120 valence electrons. The second-order valence-corrected chi connectivity index (χ2v) is 7.63. The summed E-state index contributed by atoms with van der Waals surface area (Å²) in [4.78, 5) is 22.9. The number of imidazole rings is 1. The zero-order valence-corrected chi connectivity index (χ0v) is 13.4. The standard InChI is InChI=1S/C18H22N4O/c1-10-19-15-3-2-12(6-16(15)20-10)18(23)21-17-13-4-11-5-14(17)9-22(7-11)8-13/h2-3,6,11,13-14,17H,4-5,7-9H2,1H3,(H,19,20)(H,21,23)/t11?,13-,14-,17?/m0/s1. The number of benzene rings is 1. The van der Waals surface area contributed by atoms with E-state index in [1.165, 1.54) is 19.4 Å². The summed E-state index contributed by atoms with van der Waals surface area (Å²) in [5.74, 6) is 3.09. The smallest absolute Gasteiger partial charge is 0.251 e. The summed E-state index contributed by atoms with van der Waals surface area (Å²) in [6, 6.07) is 6.09. The summed E-state index contributed by atoms with van der Waals surface area (Å²) in [5.41, 5.74) is 2.59. The predicted octanol–water partition coefficient (Wildman–Crippen LogP) is 1.94. The fourth-order valence-corrected chi connectivity index (χ4v) is 5.16.